The Morgan fingerprint density at radius 1 is 0.875 bits per heavy atom. The molecule has 6 heteroatoms. The van der Waals surface area contributed by atoms with E-state index in [9.17, 15) is 5.26 Å². The van der Waals surface area contributed by atoms with Gasteiger partial charge in [0.2, 0.25) is 0 Å². The first-order chi connectivity index (χ1) is 15.5. The van der Waals surface area contributed by atoms with Crippen molar-refractivity contribution in [2.45, 2.75) is 56.9 Å². The van der Waals surface area contributed by atoms with Gasteiger partial charge in [0.1, 0.15) is 0 Å². The molecule has 2 atom stereocenters. The average Bonchev–Trinajstić information content (AvgIpc) is 2.84. The van der Waals surface area contributed by atoms with Gasteiger partial charge in [0.25, 0.3) is 0 Å². The van der Waals surface area contributed by atoms with E-state index in [1.165, 1.54) is 5.56 Å². The molecule has 0 radical (unpaired) electrons. The Morgan fingerprint density at radius 2 is 1.47 bits per heavy atom. The summed E-state index contributed by atoms with van der Waals surface area (Å²) in [6.45, 7) is 2.05. The molecule has 6 nitrogen and oxygen atoms in total. The Balaban J connectivity index is 1.97. The molecule has 0 bridgehead atoms. The van der Waals surface area contributed by atoms with Gasteiger partial charge in [-0.2, -0.15) is 5.26 Å². The fourth-order valence-electron chi connectivity index (χ4n) is 4.06. The van der Waals surface area contributed by atoms with E-state index in [1.807, 2.05) is 36.4 Å². The molecule has 0 aliphatic carbocycles. The summed E-state index contributed by atoms with van der Waals surface area (Å²) in [5.74, 6) is 2.76. The standard InChI is InChI=1S/C26H36N2O4/c1-6-26(18-27,20-11-14-23(30-3)25(17-20)32-5)15-7-8-21(28)12-9-19-10-13-22(29-2)24(16-19)31-4/h10-11,13-14,16-17,21H,6-9,12,15,28H2,1-5H3/t21-,26-/m1/s1. The van der Waals surface area contributed by atoms with Crippen LogP contribution < -0.4 is 24.7 Å². The first-order valence-corrected chi connectivity index (χ1v) is 11.1. The molecule has 0 aliphatic heterocycles. The van der Waals surface area contributed by atoms with Crippen molar-refractivity contribution in [1.29, 1.82) is 5.26 Å². The van der Waals surface area contributed by atoms with Gasteiger partial charge in [-0.05, 0) is 73.9 Å². The molecule has 0 aromatic heterocycles. The Hall–Kier alpha value is -2.91. The van der Waals surface area contributed by atoms with Crippen molar-refractivity contribution < 1.29 is 18.9 Å². The second kappa shape index (κ2) is 12.2. The van der Waals surface area contributed by atoms with E-state index < -0.39 is 5.41 Å². The Kier molecular flexibility index (Phi) is 9.67. The molecule has 32 heavy (non-hydrogen) atoms. The Morgan fingerprint density at radius 3 is 2.03 bits per heavy atom. The lowest BCUT2D eigenvalue weighted by Gasteiger charge is -2.27. The molecule has 0 amide bonds. The second-order valence-corrected chi connectivity index (χ2v) is 8.00. The molecule has 2 rings (SSSR count). The van der Waals surface area contributed by atoms with Crippen molar-refractivity contribution in [3.8, 4) is 29.1 Å². The highest BCUT2D eigenvalue weighted by Gasteiger charge is 2.31. The van der Waals surface area contributed by atoms with Crippen LogP contribution in [0, 0.1) is 11.3 Å². The van der Waals surface area contributed by atoms with Gasteiger partial charge >= 0.3 is 0 Å². The van der Waals surface area contributed by atoms with E-state index in [-0.39, 0.29) is 6.04 Å². The van der Waals surface area contributed by atoms with E-state index in [0.717, 1.165) is 55.6 Å². The number of hydrogen-bond donors (Lipinski definition) is 1. The van der Waals surface area contributed by atoms with Gasteiger partial charge in [0.15, 0.2) is 23.0 Å². The van der Waals surface area contributed by atoms with Crippen LogP contribution in [0.1, 0.15) is 50.2 Å². The summed E-state index contributed by atoms with van der Waals surface area (Å²) in [5, 5.41) is 10.1. The number of aryl methyl sites for hydroxylation is 1. The third kappa shape index (κ3) is 6.08. The van der Waals surface area contributed by atoms with Crippen molar-refractivity contribution in [2.75, 3.05) is 28.4 Å². The van der Waals surface area contributed by atoms with Crippen molar-refractivity contribution in [1.82, 2.24) is 0 Å². The number of nitrogens with two attached hydrogens (primary N) is 1. The number of nitrogens with zero attached hydrogens (tertiary/aromatic N) is 1. The third-order valence-electron chi connectivity index (χ3n) is 6.18. The molecule has 2 aromatic rings. The number of ether oxygens (including phenoxy) is 4. The van der Waals surface area contributed by atoms with Crippen LogP contribution in [0.2, 0.25) is 0 Å². The molecular weight excluding hydrogens is 404 g/mol. The van der Waals surface area contributed by atoms with Crippen molar-refractivity contribution in [3.63, 3.8) is 0 Å². The zero-order chi connectivity index (χ0) is 23.6. The van der Waals surface area contributed by atoms with Gasteiger partial charge in [-0.3, -0.25) is 0 Å². The fraction of sp³-hybridized carbons (Fsp3) is 0.500. The van der Waals surface area contributed by atoms with Gasteiger partial charge in [0, 0.05) is 6.04 Å². The summed E-state index contributed by atoms with van der Waals surface area (Å²) in [6.07, 6.45) is 4.96. The lowest BCUT2D eigenvalue weighted by molar-refractivity contribution is 0.352. The topological polar surface area (TPSA) is 86.7 Å². The number of rotatable bonds is 13. The summed E-state index contributed by atoms with van der Waals surface area (Å²) in [7, 11) is 6.49. The zero-order valence-corrected chi connectivity index (χ0v) is 19.9. The monoisotopic (exact) mass is 440 g/mol. The lowest BCUT2D eigenvalue weighted by Crippen LogP contribution is -2.26. The summed E-state index contributed by atoms with van der Waals surface area (Å²) in [4.78, 5) is 0. The van der Waals surface area contributed by atoms with E-state index in [4.69, 9.17) is 24.7 Å². The van der Waals surface area contributed by atoms with Crippen LogP contribution in [0.15, 0.2) is 36.4 Å². The van der Waals surface area contributed by atoms with Crippen LogP contribution in [0.3, 0.4) is 0 Å². The van der Waals surface area contributed by atoms with Gasteiger partial charge in [0.05, 0.1) is 39.9 Å². The fourth-order valence-corrected chi connectivity index (χ4v) is 4.06. The maximum absolute atomic E-state index is 10.1. The summed E-state index contributed by atoms with van der Waals surface area (Å²) in [6, 6.07) is 14.3. The predicted molar refractivity (Wildman–Crippen MR) is 127 cm³/mol. The van der Waals surface area contributed by atoms with Crippen LogP contribution in [-0.2, 0) is 11.8 Å². The minimum atomic E-state index is -0.567. The van der Waals surface area contributed by atoms with Crippen LogP contribution in [-0.4, -0.2) is 34.5 Å². The predicted octanol–water partition coefficient (Wildman–Crippen LogP) is 5.02. The summed E-state index contributed by atoms with van der Waals surface area (Å²) >= 11 is 0. The summed E-state index contributed by atoms with van der Waals surface area (Å²) < 4.78 is 21.4. The molecule has 2 aromatic carbocycles. The molecule has 0 heterocycles. The Bertz CT molecular complexity index is 909. The highest BCUT2D eigenvalue weighted by atomic mass is 16.5. The maximum Gasteiger partial charge on any atom is 0.161 e. The van der Waals surface area contributed by atoms with E-state index >= 15 is 0 Å². The molecule has 0 saturated carbocycles. The van der Waals surface area contributed by atoms with Crippen LogP contribution >= 0.6 is 0 Å². The van der Waals surface area contributed by atoms with Gasteiger partial charge in [-0.1, -0.05) is 19.1 Å². The summed E-state index contributed by atoms with van der Waals surface area (Å²) in [5.41, 5.74) is 7.97. The van der Waals surface area contributed by atoms with E-state index in [1.54, 1.807) is 28.4 Å². The van der Waals surface area contributed by atoms with Crippen LogP contribution in [0.25, 0.3) is 0 Å². The molecule has 0 saturated heterocycles. The largest absolute Gasteiger partial charge is 0.493 e. The van der Waals surface area contributed by atoms with Gasteiger partial charge < -0.3 is 24.7 Å². The molecule has 0 spiro atoms. The number of nitriles is 1. The number of methoxy groups -OCH3 is 4. The second-order valence-electron chi connectivity index (χ2n) is 8.00. The molecular formula is C26H36N2O4. The van der Waals surface area contributed by atoms with Crippen LogP contribution in [0.4, 0.5) is 0 Å². The molecule has 2 N–H and O–H groups in total. The SMILES string of the molecule is CC[C@](C#N)(CCC[C@@H](N)CCc1ccc(OC)c(OC)c1)c1ccc(OC)c(OC)c1. The van der Waals surface area contributed by atoms with Crippen molar-refractivity contribution >= 4 is 0 Å². The van der Waals surface area contributed by atoms with E-state index in [0.29, 0.717) is 11.5 Å². The van der Waals surface area contributed by atoms with Crippen molar-refractivity contribution in [2.24, 2.45) is 5.73 Å². The van der Waals surface area contributed by atoms with Crippen molar-refractivity contribution in [3.05, 3.63) is 47.5 Å². The maximum atomic E-state index is 10.1. The van der Waals surface area contributed by atoms with Gasteiger partial charge in [-0.15, -0.1) is 0 Å². The highest BCUT2D eigenvalue weighted by molar-refractivity contribution is 5.47. The molecule has 0 fully saturated rings. The minimum Gasteiger partial charge on any atom is -0.493 e. The minimum absolute atomic E-state index is 0.0711. The molecule has 0 unspecified atom stereocenters. The Labute approximate surface area is 192 Å². The smallest absolute Gasteiger partial charge is 0.161 e. The normalized spacial score (nSPS) is 13.5. The highest BCUT2D eigenvalue weighted by Crippen LogP contribution is 2.38. The zero-order valence-electron chi connectivity index (χ0n) is 19.9. The molecule has 0 aliphatic rings. The first-order valence-electron chi connectivity index (χ1n) is 11.1. The number of hydrogen-bond acceptors (Lipinski definition) is 6. The quantitative estimate of drug-likeness (QED) is 0.470. The number of benzene rings is 2. The van der Waals surface area contributed by atoms with Gasteiger partial charge in [-0.25, -0.2) is 0 Å². The van der Waals surface area contributed by atoms with Crippen LogP contribution in [0.5, 0.6) is 23.0 Å². The lowest BCUT2D eigenvalue weighted by atomic mass is 9.75. The third-order valence-corrected chi connectivity index (χ3v) is 6.18. The molecule has 174 valence electrons. The first kappa shape index (κ1) is 25.4. The average molecular weight is 441 g/mol. The van der Waals surface area contributed by atoms with E-state index in [2.05, 4.69) is 13.0 Å².